The Balaban J connectivity index is 1.73. The average Bonchev–Trinajstić information content (AvgIpc) is 3.17. The molecule has 0 aliphatic carbocycles. The highest BCUT2D eigenvalue weighted by Crippen LogP contribution is 2.25. The zero-order chi connectivity index (χ0) is 16.2. The summed E-state index contributed by atoms with van der Waals surface area (Å²) in [6.07, 6.45) is 0. The molecule has 8 heteroatoms. The molecule has 1 aromatic carbocycles. The van der Waals surface area contributed by atoms with Gasteiger partial charge in [-0.25, -0.2) is 0 Å². The first kappa shape index (κ1) is 15.8. The SMILES string of the molecule is CCSc1cccc(C(=O)Nc2nnc(-c3ccc(Br)o3)o2)c1. The van der Waals surface area contributed by atoms with Crippen molar-refractivity contribution < 1.29 is 13.6 Å². The monoisotopic (exact) mass is 393 g/mol. The molecule has 2 heterocycles. The summed E-state index contributed by atoms with van der Waals surface area (Å²) in [5.74, 6) is 1.25. The zero-order valence-corrected chi connectivity index (χ0v) is 14.5. The van der Waals surface area contributed by atoms with E-state index in [9.17, 15) is 4.79 Å². The quantitative estimate of drug-likeness (QED) is 0.644. The molecule has 23 heavy (non-hydrogen) atoms. The van der Waals surface area contributed by atoms with E-state index in [1.54, 1.807) is 30.0 Å². The van der Waals surface area contributed by atoms with E-state index < -0.39 is 0 Å². The van der Waals surface area contributed by atoms with Gasteiger partial charge in [-0.1, -0.05) is 18.1 Å². The largest absolute Gasteiger partial charge is 0.444 e. The van der Waals surface area contributed by atoms with Crippen LogP contribution in [-0.4, -0.2) is 21.9 Å². The molecule has 0 radical (unpaired) electrons. The third kappa shape index (κ3) is 3.83. The Hall–Kier alpha value is -2.06. The van der Waals surface area contributed by atoms with Crippen molar-refractivity contribution in [3.8, 4) is 11.7 Å². The summed E-state index contributed by atoms with van der Waals surface area (Å²) in [6, 6.07) is 10.8. The first-order valence-electron chi connectivity index (χ1n) is 6.79. The first-order valence-corrected chi connectivity index (χ1v) is 8.57. The molecule has 0 aliphatic rings. The molecule has 1 N–H and O–H groups in total. The minimum absolute atomic E-state index is 0.0195. The van der Waals surface area contributed by atoms with Gasteiger partial charge in [-0.3, -0.25) is 10.1 Å². The molecule has 0 atom stereocenters. The molecule has 3 rings (SSSR count). The molecule has 0 aliphatic heterocycles. The first-order chi connectivity index (χ1) is 11.2. The number of hydrogen-bond acceptors (Lipinski definition) is 6. The van der Waals surface area contributed by atoms with Gasteiger partial charge in [0.1, 0.15) is 0 Å². The molecule has 2 aromatic heterocycles. The van der Waals surface area contributed by atoms with Crippen LogP contribution in [-0.2, 0) is 0 Å². The van der Waals surface area contributed by atoms with Crippen molar-refractivity contribution >= 4 is 39.6 Å². The second kappa shape index (κ2) is 7.01. The molecule has 6 nitrogen and oxygen atoms in total. The Morgan fingerprint density at radius 3 is 2.87 bits per heavy atom. The van der Waals surface area contributed by atoms with Crippen LogP contribution in [0.4, 0.5) is 6.01 Å². The second-order valence-electron chi connectivity index (χ2n) is 4.43. The Morgan fingerprint density at radius 2 is 2.13 bits per heavy atom. The maximum Gasteiger partial charge on any atom is 0.322 e. The number of rotatable bonds is 5. The van der Waals surface area contributed by atoms with Crippen molar-refractivity contribution in [2.24, 2.45) is 0 Å². The summed E-state index contributed by atoms with van der Waals surface area (Å²) >= 11 is 4.87. The Labute approximate surface area is 144 Å². The Bertz CT molecular complexity index is 831. The maximum atomic E-state index is 12.2. The van der Waals surface area contributed by atoms with Gasteiger partial charge in [-0.05, 0) is 52.0 Å². The maximum absolute atomic E-state index is 12.2. The fourth-order valence-electron chi connectivity index (χ4n) is 1.87. The van der Waals surface area contributed by atoms with E-state index >= 15 is 0 Å². The van der Waals surface area contributed by atoms with Crippen molar-refractivity contribution in [2.75, 3.05) is 11.1 Å². The normalized spacial score (nSPS) is 10.7. The van der Waals surface area contributed by atoms with Gasteiger partial charge < -0.3 is 8.83 Å². The van der Waals surface area contributed by atoms with Gasteiger partial charge in [0, 0.05) is 10.5 Å². The van der Waals surface area contributed by atoms with Crippen LogP contribution < -0.4 is 5.32 Å². The summed E-state index contributed by atoms with van der Waals surface area (Å²) in [7, 11) is 0. The van der Waals surface area contributed by atoms with E-state index in [1.807, 2.05) is 18.2 Å². The van der Waals surface area contributed by atoms with Gasteiger partial charge in [-0.2, -0.15) is 0 Å². The number of thioether (sulfide) groups is 1. The van der Waals surface area contributed by atoms with E-state index in [-0.39, 0.29) is 17.8 Å². The number of hydrogen-bond donors (Lipinski definition) is 1. The van der Waals surface area contributed by atoms with Crippen LogP contribution in [0.3, 0.4) is 0 Å². The molecule has 1 amide bonds. The fourth-order valence-corrected chi connectivity index (χ4v) is 2.89. The molecular weight excluding hydrogens is 382 g/mol. The lowest BCUT2D eigenvalue weighted by Gasteiger charge is -2.03. The lowest BCUT2D eigenvalue weighted by atomic mass is 10.2. The minimum Gasteiger partial charge on any atom is -0.444 e. The van der Waals surface area contributed by atoms with Gasteiger partial charge in [0.2, 0.25) is 0 Å². The second-order valence-corrected chi connectivity index (χ2v) is 6.55. The summed E-state index contributed by atoms with van der Waals surface area (Å²) in [6.45, 7) is 2.06. The molecule has 0 unspecified atom stereocenters. The van der Waals surface area contributed by atoms with Crippen LogP contribution in [0.2, 0.25) is 0 Å². The number of amides is 1. The van der Waals surface area contributed by atoms with Crippen LogP contribution in [0.5, 0.6) is 0 Å². The highest BCUT2D eigenvalue weighted by atomic mass is 79.9. The number of carbonyl (C=O) groups is 1. The average molecular weight is 394 g/mol. The number of benzene rings is 1. The molecule has 0 bridgehead atoms. The van der Waals surface area contributed by atoms with Crippen molar-refractivity contribution in [1.29, 1.82) is 0 Å². The van der Waals surface area contributed by atoms with Crippen molar-refractivity contribution in [3.63, 3.8) is 0 Å². The Kier molecular flexibility index (Phi) is 4.82. The number of nitrogens with zero attached hydrogens (tertiary/aromatic N) is 2. The third-order valence-corrected chi connectivity index (χ3v) is 4.14. The topological polar surface area (TPSA) is 81.2 Å². The Morgan fingerprint density at radius 1 is 1.26 bits per heavy atom. The van der Waals surface area contributed by atoms with E-state index in [1.165, 1.54) is 0 Å². The van der Waals surface area contributed by atoms with Gasteiger partial charge in [-0.15, -0.1) is 16.9 Å². The van der Waals surface area contributed by atoms with Crippen molar-refractivity contribution in [1.82, 2.24) is 10.2 Å². The number of anilines is 1. The molecule has 0 fully saturated rings. The van der Waals surface area contributed by atoms with Crippen molar-refractivity contribution in [3.05, 3.63) is 46.6 Å². The molecule has 3 aromatic rings. The van der Waals surface area contributed by atoms with Gasteiger partial charge in [0.25, 0.3) is 11.8 Å². The number of carbonyl (C=O) groups excluding carboxylic acids is 1. The van der Waals surface area contributed by atoms with Crippen LogP contribution in [0.25, 0.3) is 11.7 Å². The summed E-state index contributed by atoms with van der Waals surface area (Å²) in [4.78, 5) is 13.3. The standard InChI is InChI=1S/C15H12BrN3O3S/c1-2-23-10-5-3-4-9(8-10)13(20)17-15-19-18-14(22-15)11-6-7-12(16)21-11/h3-8H,2H2,1H3,(H,17,19,20). The lowest BCUT2D eigenvalue weighted by molar-refractivity contribution is 0.102. The number of halogens is 1. The van der Waals surface area contributed by atoms with Gasteiger partial charge in [0.15, 0.2) is 10.4 Å². The van der Waals surface area contributed by atoms with Crippen molar-refractivity contribution in [2.45, 2.75) is 11.8 Å². The predicted octanol–water partition coefficient (Wildman–Crippen LogP) is 4.46. The lowest BCUT2D eigenvalue weighted by Crippen LogP contribution is -2.12. The molecule has 118 valence electrons. The molecular formula is C15H12BrN3O3S. The number of nitrogens with one attached hydrogen (secondary N) is 1. The third-order valence-electron chi connectivity index (χ3n) is 2.84. The number of furan rings is 1. The predicted molar refractivity (Wildman–Crippen MR) is 90.5 cm³/mol. The molecule has 0 spiro atoms. The summed E-state index contributed by atoms with van der Waals surface area (Å²) < 4.78 is 11.3. The van der Waals surface area contributed by atoms with Crippen LogP contribution >= 0.6 is 27.7 Å². The van der Waals surface area contributed by atoms with Crippen LogP contribution in [0.15, 0.2) is 54.8 Å². The smallest absolute Gasteiger partial charge is 0.322 e. The molecule has 0 saturated heterocycles. The van der Waals surface area contributed by atoms with E-state index in [0.29, 0.717) is 16.0 Å². The van der Waals surface area contributed by atoms with Crippen LogP contribution in [0.1, 0.15) is 17.3 Å². The highest BCUT2D eigenvalue weighted by molar-refractivity contribution is 9.10. The zero-order valence-electron chi connectivity index (χ0n) is 12.1. The van der Waals surface area contributed by atoms with Gasteiger partial charge >= 0.3 is 6.01 Å². The van der Waals surface area contributed by atoms with Crippen LogP contribution in [0, 0.1) is 0 Å². The number of aromatic nitrogens is 2. The van der Waals surface area contributed by atoms with Gasteiger partial charge in [0.05, 0.1) is 0 Å². The highest BCUT2D eigenvalue weighted by Gasteiger charge is 2.15. The summed E-state index contributed by atoms with van der Waals surface area (Å²) in [5.41, 5.74) is 0.531. The fraction of sp³-hybridized carbons (Fsp3) is 0.133. The minimum atomic E-state index is -0.306. The molecule has 0 saturated carbocycles. The van der Waals surface area contributed by atoms with E-state index in [0.717, 1.165) is 10.6 Å². The summed E-state index contributed by atoms with van der Waals surface area (Å²) in [5, 5.41) is 10.2. The van der Waals surface area contributed by atoms with E-state index in [4.69, 9.17) is 8.83 Å². The van der Waals surface area contributed by atoms with E-state index in [2.05, 4.69) is 38.4 Å².